The number of carbonyl (C=O) groups is 4. The van der Waals surface area contributed by atoms with Crippen LogP contribution in [-0.4, -0.2) is 93.1 Å². The molecule has 58 heavy (non-hydrogen) atoms. The molecule has 4 amide bonds. The van der Waals surface area contributed by atoms with Crippen molar-refractivity contribution in [1.29, 1.82) is 0 Å². The summed E-state index contributed by atoms with van der Waals surface area (Å²) in [4.78, 5) is 73.7. The number of imidazole rings is 2. The number of amides is 4. The molecular weight excluding hydrogens is 777 g/mol. The zero-order chi connectivity index (χ0) is 41.4. The van der Waals surface area contributed by atoms with Crippen molar-refractivity contribution in [3.05, 3.63) is 58.6 Å². The maximum atomic E-state index is 13.7. The highest BCUT2D eigenvalue weighted by Crippen LogP contribution is 2.40. The third-order valence-corrected chi connectivity index (χ3v) is 13.1. The van der Waals surface area contributed by atoms with Crippen LogP contribution in [0.3, 0.4) is 0 Å². The quantitative estimate of drug-likeness (QED) is 0.113. The van der Waals surface area contributed by atoms with E-state index in [0.717, 1.165) is 60.1 Å². The number of nitrogens with one attached hydrogen (secondary N) is 4. The van der Waals surface area contributed by atoms with E-state index in [9.17, 15) is 19.2 Å². The van der Waals surface area contributed by atoms with Crippen LogP contribution in [0.5, 0.6) is 0 Å². The Morgan fingerprint density at radius 2 is 1.38 bits per heavy atom. The van der Waals surface area contributed by atoms with Crippen LogP contribution in [0, 0.1) is 35.5 Å². The maximum absolute atomic E-state index is 13.7. The molecule has 0 bridgehead atoms. The highest BCUT2D eigenvalue weighted by Gasteiger charge is 2.41. The summed E-state index contributed by atoms with van der Waals surface area (Å²) in [5, 5.41) is 5.42. The first-order valence-electron chi connectivity index (χ1n) is 19.6. The number of aromatic nitrogens is 4. The third kappa shape index (κ3) is 8.42. The van der Waals surface area contributed by atoms with Crippen molar-refractivity contribution in [2.75, 3.05) is 27.3 Å². The maximum Gasteiger partial charge on any atom is 0.407 e. The largest absolute Gasteiger partial charge is 0.453 e. The lowest BCUT2D eigenvalue weighted by Crippen LogP contribution is -2.51. The first-order chi connectivity index (χ1) is 27.7. The van der Waals surface area contributed by atoms with Gasteiger partial charge in [0.2, 0.25) is 11.8 Å². The van der Waals surface area contributed by atoms with E-state index in [1.54, 1.807) is 22.7 Å². The van der Waals surface area contributed by atoms with Crippen molar-refractivity contribution in [3.8, 4) is 22.4 Å². The fourth-order valence-electron chi connectivity index (χ4n) is 7.91. The first-order valence-corrected chi connectivity index (χ1v) is 21.3. The average Bonchev–Trinajstić information content (AvgIpc) is 4.04. The van der Waals surface area contributed by atoms with Crippen LogP contribution < -0.4 is 10.6 Å². The van der Waals surface area contributed by atoms with Crippen molar-refractivity contribution in [2.24, 2.45) is 23.7 Å². The molecule has 2 aliphatic rings. The number of H-pyrrole nitrogens is 2. The minimum Gasteiger partial charge on any atom is -0.453 e. The normalized spacial score (nSPS) is 20.4. The Morgan fingerprint density at radius 3 is 1.95 bits per heavy atom. The molecule has 14 nitrogen and oxygen atoms in total. The zero-order valence-electron chi connectivity index (χ0n) is 34.0. The molecular formula is C42H50N8O6S2. The topological polar surface area (TPSA) is 175 Å². The molecule has 6 heterocycles. The van der Waals surface area contributed by atoms with Crippen molar-refractivity contribution in [1.82, 2.24) is 40.4 Å². The van der Waals surface area contributed by atoms with Crippen molar-refractivity contribution >= 4 is 67.1 Å². The molecule has 5 aromatic rings. The smallest absolute Gasteiger partial charge is 0.407 e. The summed E-state index contributed by atoms with van der Waals surface area (Å²) in [7, 11) is 2.58. The highest BCUT2D eigenvalue weighted by atomic mass is 32.1. The zero-order valence-corrected chi connectivity index (χ0v) is 35.6. The highest BCUT2D eigenvalue weighted by molar-refractivity contribution is 7.29. The van der Waals surface area contributed by atoms with Gasteiger partial charge in [-0.2, -0.15) is 0 Å². The second-order valence-corrected chi connectivity index (χ2v) is 18.3. The molecule has 0 spiro atoms. The number of rotatable bonds is 9. The number of hydrogen-bond donors (Lipinski definition) is 4. The van der Waals surface area contributed by atoms with Crippen molar-refractivity contribution < 1.29 is 28.7 Å². The molecule has 2 fully saturated rings. The van der Waals surface area contributed by atoms with Crippen LogP contribution in [0.4, 0.5) is 9.59 Å². The lowest BCUT2D eigenvalue weighted by Gasteiger charge is -2.30. The van der Waals surface area contributed by atoms with E-state index in [1.807, 2.05) is 61.9 Å². The minimum atomic E-state index is -0.706. The van der Waals surface area contributed by atoms with Crippen LogP contribution in [0.25, 0.3) is 31.0 Å². The number of benzene rings is 1. The second-order valence-electron chi connectivity index (χ2n) is 16.1. The molecule has 4 aromatic heterocycles. The summed E-state index contributed by atoms with van der Waals surface area (Å²) in [5.41, 5.74) is 3.37. The van der Waals surface area contributed by atoms with Crippen LogP contribution >= 0.6 is 22.7 Å². The summed E-state index contributed by atoms with van der Waals surface area (Å²) in [6, 6.07) is 8.27. The number of thiophene rings is 2. The van der Waals surface area contributed by atoms with Gasteiger partial charge in [0.25, 0.3) is 0 Å². The van der Waals surface area contributed by atoms with Gasteiger partial charge < -0.3 is 39.9 Å². The average molecular weight is 827 g/mol. The molecule has 1 aromatic carbocycles. The SMILES string of the molecule is COC(=O)NC(C(=O)N1C[C@@H](C)C[C@H]1c1nc2ccc(C#Cc3cc4sc(-c5cnc([C@@H]6C[C@H](C)CN6C(=O)[C@@H](NC(=O)OC)C(C)C)[nH]5)cc4s3)cc2[nH]1)C(C)C. The van der Waals surface area contributed by atoms with E-state index in [4.69, 9.17) is 19.4 Å². The molecule has 0 saturated carbocycles. The number of carbonyl (C=O) groups excluding carboxylic acids is 4. The van der Waals surface area contributed by atoms with Crippen LogP contribution in [-0.2, 0) is 19.1 Å². The van der Waals surface area contributed by atoms with Gasteiger partial charge >= 0.3 is 12.2 Å². The van der Waals surface area contributed by atoms with Gasteiger partial charge in [-0.15, -0.1) is 22.7 Å². The Morgan fingerprint density at radius 1 is 0.793 bits per heavy atom. The Kier molecular flexibility index (Phi) is 11.8. The van der Waals surface area contributed by atoms with E-state index in [2.05, 4.69) is 58.4 Å². The number of aromatic amines is 2. The molecule has 2 aliphatic heterocycles. The predicted octanol–water partition coefficient (Wildman–Crippen LogP) is 7.21. The van der Waals surface area contributed by atoms with Gasteiger partial charge in [-0.05, 0) is 66.8 Å². The summed E-state index contributed by atoms with van der Waals surface area (Å²) in [6.45, 7) is 13.0. The van der Waals surface area contributed by atoms with E-state index < -0.39 is 24.3 Å². The van der Waals surface area contributed by atoms with Gasteiger partial charge in [0.15, 0.2) is 0 Å². The molecule has 1 unspecified atom stereocenters. The molecule has 306 valence electrons. The Hall–Kier alpha value is -5.40. The van der Waals surface area contributed by atoms with E-state index in [0.29, 0.717) is 18.9 Å². The molecule has 6 atom stereocenters. The van der Waals surface area contributed by atoms with E-state index in [-0.39, 0.29) is 47.6 Å². The number of methoxy groups -OCH3 is 2. The minimum absolute atomic E-state index is 0.113. The van der Waals surface area contributed by atoms with Gasteiger partial charge in [0, 0.05) is 28.1 Å². The van der Waals surface area contributed by atoms with Crippen LogP contribution in [0.2, 0.25) is 0 Å². The molecule has 0 radical (unpaired) electrons. The fourth-order valence-corrected chi connectivity index (χ4v) is 10.1. The molecule has 0 aliphatic carbocycles. The lowest BCUT2D eigenvalue weighted by atomic mass is 10.0. The first kappa shape index (κ1) is 40.8. The Balaban J connectivity index is 1.04. The third-order valence-electron chi connectivity index (χ3n) is 10.9. The van der Waals surface area contributed by atoms with Crippen LogP contribution in [0.15, 0.2) is 36.5 Å². The fraction of sp³-hybridized carbons (Fsp3) is 0.476. The number of likely N-dealkylation sites (tertiary alicyclic amines) is 2. The molecule has 2 saturated heterocycles. The van der Waals surface area contributed by atoms with Gasteiger partial charge in [-0.3, -0.25) is 9.59 Å². The predicted molar refractivity (Wildman–Crippen MR) is 224 cm³/mol. The van der Waals surface area contributed by atoms with Crippen molar-refractivity contribution in [3.63, 3.8) is 0 Å². The van der Waals surface area contributed by atoms with Gasteiger partial charge in [-0.1, -0.05) is 53.4 Å². The Bertz CT molecular complexity index is 2370. The summed E-state index contributed by atoms with van der Waals surface area (Å²) < 4.78 is 11.8. The van der Waals surface area contributed by atoms with Crippen LogP contribution in [0.1, 0.15) is 88.6 Å². The van der Waals surface area contributed by atoms with Gasteiger partial charge in [-0.25, -0.2) is 19.6 Å². The summed E-state index contributed by atoms with van der Waals surface area (Å²) in [6.07, 6.45) is 2.10. The summed E-state index contributed by atoms with van der Waals surface area (Å²) >= 11 is 3.29. The summed E-state index contributed by atoms with van der Waals surface area (Å²) in [5.74, 6) is 8.13. The van der Waals surface area contributed by atoms with E-state index >= 15 is 0 Å². The lowest BCUT2D eigenvalue weighted by molar-refractivity contribution is -0.136. The van der Waals surface area contributed by atoms with Crippen molar-refractivity contribution in [2.45, 2.75) is 78.6 Å². The number of nitrogens with zero attached hydrogens (tertiary/aromatic N) is 4. The van der Waals surface area contributed by atoms with Gasteiger partial charge in [0.05, 0.1) is 59.0 Å². The van der Waals surface area contributed by atoms with E-state index in [1.165, 1.54) is 14.2 Å². The molecule has 16 heteroatoms. The second kappa shape index (κ2) is 16.8. The molecule has 4 N–H and O–H groups in total. The number of alkyl carbamates (subject to hydrolysis) is 2. The number of hydrogen-bond acceptors (Lipinski definition) is 10. The van der Waals surface area contributed by atoms with Gasteiger partial charge in [0.1, 0.15) is 23.7 Å². The Labute approximate surface area is 345 Å². The number of fused-ring (bicyclic) bond motifs is 2. The molecule has 7 rings (SSSR count). The standard InChI is InChI=1S/C42H50N8O6S2/c1-21(2)35(47-41(53)55-7)39(51)49-19-23(5)13-30(49)37-43-18-29(46-37)32-17-34-33(58-32)16-26(57-34)11-9-25-10-12-27-28(15-25)45-38(44-27)31-14-24(6)20-50(31)40(52)36(22(3)4)48-42(54)56-8/h10,12,15-18,21-24,30-31,35-36H,13-14,19-20H2,1-8H3,(H,43,46)(H,44,45)(H,47,53)(H,48,54)/t23-,24-,30-,31-,35-,36?/m0/s1. The number of ether oxygens (including phenoxy) is 2. The monoisotopic (exact) mass is 826 g/mol.